The van der Waals surface area contributed by atoms with Gasteiger partial charge in [0.15, 0.2) is 0 Å². The zero-order valence-corrected chi connectivity index (χ0v) is 28.2. The molecular weight excluding hydrogens is 591 g/mol. The van der Waals surface area contributed by atoms with Crippen LogP contribution in [0.4, 0.5) is 0 Å². The monoisotopic (exact) mass is 627 g/mol. The van der Waals surface area contributed by atoms with Gasteiger partial charge < -0.3 is 4.57 Å². The first-order chi connectivity index (χ1) is 24.1. The minimum Gasteiger partial charge on any atom is -0.341 e. The van der Waals surface area contributed by atoms with Crippen LogP contribution in [0.1, 0.15) is 18.1 Å². The Kier molecular flexibility index (Phi) is 6.95. The van der Waals surface area contributed by atoms with Crippen molar-refractivity contribution in [3.8, 4) is 44.5 Å². The molecule has 1 heterocycles. The normalized spacial score (nSPS) is 11.7. The molecule has 234 valence electrons. The van der Waals surface area contributed by atoms with Crippen molar-refractivity contribution in [1.82, 2.24) is 4.57 Å². The van der Waals surface area contributed by atoms with E-state index in [1.54, 1.807) is 0 Å². The fourth-order valence-electron chi connectivity index (χ4n) is 8.12. The Morgan fingerprint density at radius 2 is 0.755 bits per heavy atom. The van der Waals surface area contributed by atoms with Crippen LogP contribution in [0.2, 0.25) is 0 Å². The number of fused-ring (bicyclic) bond motifs is 5. The molecule has 0 radical (unpaired) electrons. The average molecular weight is 628 g/mol. The lowest BCUT2D eigenvalue weighted by Crippen LogP contribution is -1.92. The SMILES string of the molecule is CCn1c2ccccc2c2cc(-c3ccc(-c4c5ccccc5c(-c5ccc(-c6cc(C)cc(C)c6)cc5)c5ccccc45)cc3)ccc21. The Balaban J connectivity index is 1.16. The van der Waals surface area contributed by atoms with Crippen molar-refractivity contribution in [2.24, 2.45) is 0 Å². The Bertz CT molecular complexity index is 2610. The fraction of sp³-hybridized carbons (Fsp3) is 0.0833. The van der Waals surface area contributed by atoms with Crippen molar-refractivity contribution < 1.29 is 0 Å². The standard InChI is InChI=1S/C48H37N/c1-4-49-45-16-10-9-11-39(45)44-30-37(25-26-46(44)49)33-17-21-35(22-18-33)47-40-12-5-7-14-42(40)48(43-15-8-6-13-41(43)47)36-23-19-34(20-24-36)38-28-31(2)27-32(3)29-38/h5-30H,4H2,1-3H3. The summed E-state index contributed by atoms with van der Waals surface area (Å²) in [5, 5.41) is 7.73. The minimum absolute atomic E-state index is 0.956. The van der Waals surface area contributed by atoms with Crippen LogP contribution in [0.3, 0.4) is 0 Å². The van der Waals surface area contributed by atoms with Crippen molar-refractivity contribution in [2.45, 2.75) is 27.3 Å². The molecule has 0 bridgehead atoms. The van der Waals surface area contributed by atoms with Crippen LogP contribution >= 0.6 is 0 Å². The molecule has 9 aromatic rings. The molecule has 0 amide bonds. The molecule has 0 N–H and O–H groups in total. The molecular formula is C48H37N. The zero-order valence-electron chi connectivity index (χ0n) is 28.2. The molecule has 0 saturated carbocycles. The van der Waals surface area contributed by atoms with Crippen LogP contribution < -0.4 is 0 Å². The molecule has 1 heteroatoms. The molecule has 0 unspecified atom stereocenters. The zero-order chi connectivity index (χ0) is 33.1. The topological polar surface area (TPSA) is 4.93 Å². The fourth-order valence-corrected chi connectivity index (χ4v) is 8.12. The molecule has 0 aliphatic rings. The van der Waals surface area contributed by atoms with Crippen molar-refractivity contribution in [2.75, 3.05) is 0 Å². The second-order valence-corrected chi connectivity index (χ2v) is 13.4. The molecule has 1 nitrogen and oxygen atoms in total. The number of hydrogen-bond donors (Lipinski definition) is 0. The van der Waals surface area contributed by atoms with E-state index in [4.69, 9.17) is 0 Å². The Hall–Kier alpha value is -5.92. The van der Waals surface area contributed by atoms with E-state index in [0.717, 1.165) is 6.54 Å². The van der Waals surface area contributed by atoms with Gasteiger partial charge in [0.25, 0.3) is 0 Å². The Morgan fingerprint density at radius 3 is 1.27 bits per heavy atom. The van der Waals surface area contributed by atoms with Gasteiger partial charge in [-0.2, -0.15) is 0 Å². The summed E-state index contributed by atoms with van der Waals surface area (Å²) in [6, 6.07) is 58.6. The third kappa shape index (κ3) is 4.85. The molecule has 0 atom stereocenters. The third-order valence-corrected chi connectivity index (χ3v) is 10.3. The first-order valence-corrected chi connectivity index (χ1v) is 17.3. The Morgan fingerprint density at radius 1 is 0.347 bits per heavy atom. The number of nitrogens with zero attached hydrogens (tertiary/aromatic N) is 1. The van der Waals surface area contributed by atoms with Gasteiger partial charge in [-0.1, -0.05) is 151 Å². The van der Waals surface area contributed by atoms with Gasteiger partial charge in [0.05, 0.1) is 0 Å². The van der Waals surface area contributed by atoms with Gasteiger partial charge in [-0.3, -0.25) is 0 Å². The van der Waals surface area contributed by atoms with Gasteiger partial charge >= 0.3 is 0 Å². The number of aromatic nitrogens is 1. The number of rotatable bonds is 5. The number of hydrogen-bond acceptors (Lipinski definition) is 0. The molecule has 9 rings (SSSR count). The van der Waals surface area contributed by atoms with Gasteiger partial charge in [-0.25, -0.2) is 0 Å². The van der Waals surface area contributed by atoms with E-state index in [1.807, 2.05) is 0 Å². The maximum Gasteiger partial charge on any atom is 0.0491 e. The first-order valence-electron chi connectivity index (χ1n) is 17.3. The second-order valence-electron chi connectivity index (χ2n) is 13.4. The van der Waals surface area contributed by atoms with Gasteiger partial charge in [-0.15, -0.1) is 0 Å². The lowest BCUT2D eigenvalue weighted by atomic mass is 9.85. The van der Waals surface area contributed by atoms with E-state index in [-0.39, 0.29) is 0 Å². The van der Waals surface area contributed by atoms with E-state index in [1.165, 1.54) is 99.0 Å². The van der Waals surface area contributed by atoms with Crippen LogP contribution in [-0.4, -0.2) is 4.57 Å². The predicted octanol–water partition coefficient (Wildman–Crippen LogP) is 13.4. The van der Waals surface area contributed by atoms with Crippen LogP contribution in [0.15, 0.2) is 158 Å². The summed E-state index contributed by atoms with van der Waals surface area (Å²) < 4.78 is 2.41. The van der Waals surface area contributed by atoms with Gasteiger partial charge in [0, 0.05) is 28.4 Å². The molecule has 0 aliphatic carbocycles. The van der Waals surface area contributed by atoms with Crippen molar-refractivity contribution >= 4 is 43.4 Å². The maximum atomic E-state index is 2.41. The summed E-state index contributed by atoms with van der Waals surface area (Å²) in [6.45, 7) is 7.52. The molecule has 0 fully saturated rings. The molecule has 0 saturated heterocycles. The van der Waals surface area contributed by atoms with Crippen molar-refractivity contribution in [1.29, 1.82) is 0 Å². The summed E-state index contributed by atoms with van der Waals surface area (Å²) in [7, 11) is 0. The van der Waals surface area contributed by atoms with Gasteiger partial charge in [0.1, 0.15) is 0 Å². The van der Waals surface area contributed by atoms with E-state index in [2.05, 4.69) is 183 Å². The smallest absolute Gasteiger partial charge is 0.0491 e. The maximum absolute atomic E-state index is 2.41. The summed E-state index contributed by atoms with van der Waals surface area (Å²) >= 11 is 0. The number of para-hydroxylation sites is 1. The van der Waals surface area contributed by atoms with Crippen LogP contribution in [0.25, 0.3) is 87.9 Å². The average Bonchev–Trinajstić information content (AvgIpc) is 3.46. The third-order valence-electron chi connectivity index (χ3n) is 10.3. The van der Waals surface area contributed by atoms with Crippen LogP contribution in [0, 0.1) is 13.8 Å². The molecule has 8 aromatic carbocycles. The summed E-state index contributed by atoms with van der Waals surface area (Å²) in [5.41, 5.74) is 15.2. The summed E-state index contributed by atoms with van der Waals surface area (Å²) in [6.07, 6.45) is 0. The van der Waals surface area contributed by atoms with Crippen LogP contribution in [-0.2, 0) is 6.54 Å². The van der Waals surface area contributed by atoms with E-state index in [9.17, 15) is 0 Å². The van der Waals surface area contributed by atoms with Gasteiger partial charge in [-0.05, 0) is 105 Å². The lowest BCUT2D eigenvalue weighted by molar-refractivity contribution is 0.827. The van der Waals surface area contributed by atoms with E-state index >= 15 is 0 Å². The highest BCUT2D eigenvalue weighted by Gasteiger charge is 2.17. The summed E-state index contributed by atoms with van der Waals surface area (Å²) in [5.74, 6) is 0. The van der Waals surface area contributed by atoms with Crippen molar-refractivity contribution in [3.05, 3.63) is 169 Å². The molecule has 49 heavy (non-hydrogen) atoms. The first kappa shape index (κ1) is 29.2. The molecule has 0 aliphatic heterocycles. The highest BCUT2D eigenvalue weighted by atomic mass is 15.0. The predicted molar refractivity (Wildman–Crippen MR) is 211 cm³/mol. The highest BCUT2D eigenvalue weighted by Crippen LogP contribution is 2.44. The van der Waals surface area contributed by atoms with E-state index < -0.39 is 0 Å². The lowest BCUT2D eigenvalue weighted by Gasteiger charge is -2.18. The van der Waals surface area contributed by atoms with E-state index in [0.29, 0.717) is 0 Å². The molecule has 1 aromatic heterocycles. The summed E-state index contributed by atoms with van der Waals surface area (Å²) in [4.78, 5) is 0. The minimum atomic E-state index is 0.956. The number of aryl methyl sites for hydroxylation is 3. The Labute approximate surface area is 287 Å². The largest absolute Gasteiger partial charge is 0.341 e. The highest BCUT2D eigenvalue weighted by molar-refractivity contribution is 6.21. The van der Waals surface area contributed by atoms with Gasteiger partial charge in [0.2, 0.25) is 0 Å². The van der Waals surface area contributed by atoms with Crippen molar-refractivity contribution in [3.63, 3.8) is 0 Å². The molecule has 0 spiro atoms. The number of benzene rings is 8. The van der Waals surface area contributed by atoms with Crippen LogP contribution in [0.5, 0.6) is 0 Å². The second kappa shape index (κ2) is 11.6. The quantitative estimate of drug-likeness (QED) is 0.167.